The lowest BCUT2D eigenvalue weighted by atomic mass is 9.95. The van der Waals surface area contributed by atoms with Gasteiger partial charge in [0.2, 0.25) is 11.9 Å². The molecule has 2 saturated heterocycles. The van der Waals surface area contributed by atoms with E-state index in [1.54, 1.807) is 7.11 Å². The number of methoxy groups -OCH3 is 1. The summed E-state index contributed by atoms with van der Waals surface area (Å²) in [4.78, 5) is 26.3. The molecule has 0 bridgehead atoms. The monoisotopic (exact) mass is 409 g/mol. The Hall–Kier alpha value is -2.83. The van der Waals surface area contributed by atoms with Crippen molar-refractivity contribution in [1.82, 2.24) is 15.3 Å². The molecule has 160 valence electrons. The zero-order valence-electron chi connectivity index (χ0n) is 17.7. The van der Waals surface area contributed by atoms with Crippen molar-refractivity contribution in [3.8, 4) is 5.75 Å². The van der Waals surface area contributed by atoms with Crippen LogP contribution >= 0.6 is 0 Å². The first-order valence-electron chi connectivity index (χ1n) is 11.0. The third-order valence-corrected chi connectivity index (χ3v) is 6.12. The van der Waals surface area contributed by atoms with Gasteiger partial charge in [-0.2, -0.15) is 0 Å². The molecule has 3 heterocycles. The van der Waals surface area contributed by atoms with E-state index in [0.717, 1.165) is 62.0 Å². The largest absolute Gasteiger partial charge is 0.497 e. The molecule has 0 saturated carbocycles. The summed E-state index contributed by atoms with van der Waals surface area (Å²) in [5, 5.41) is 3.08. The first-order valence-corrected chi connectivity index (χ1v) is 11.0. The maximum atomic E-state index is 12.6. The van der Waals surface area contributed by atoms with Crippen molar-refractivity contribution in [2.75, 3.05) is 43.1 Å². The van der Waals surface area contributed by atoms with Crippen molar-refractivity contribution < 1.29 is 9.53 Å². The SMILES string of the molecule is COc1ccc(CNC(=O)C2CCN(c3cnc(N4CCCCC4)nc3)CC2)cc1. The Morgan fingerprint density at radius 3 is 2.30 bits per heavy atom. The molecule has 2 aliphatic rings. The average Bonchev–Trinajstić information content (AvgIpc) is 2.83. The number of amides is 1. The van der Waals surface area contributed by atoms with Crippen LogP contribution in [-0.4, -0.2) is 49.2 Å². The van der Waals surface area contributed by atoms with Crippen LogP contribution in [0.1, 0.15) is 37.7 Å². The highest BCUT2D eigenvalue weighted by Gasteiger charge is 2.25. The van der Waals surface area contributed by atoms with Gasteiger partial charge in [-0.3, -0.25) is 4.79 Å². The molecule has 7 heteroatoms. The van der Waals surface area contributed by atoms with Gasteiger partial charge in [0.1, 0.15) is 5.75 Å². The smallest absolute Gasteiger partial charge is 0.225 e. The van der Waals surface area contributed by atoms with E-state index in [-0.39, 0.29) is 11.8 Å². The minimum atomic E-state index is 0.0630. The van der Waals surface area contributed by atoms with Gasteiger partial charge < -0.3 is 19.9 Å². The molecule has 4 rings (SSSR count). The quantitative estimate of drug-likeness (QED) is 0.791. The number of hydrogen-bond donors (Lipinski definition) is 1. The summed E-state index contributed by atoms with van der Waals surface area (Å²) < 4.78 is 5.17. The minimum Gasteiger partial charge on any atom is -0.497 e. The summed E-state index contributed by atoms with van der Waals surface area (Å²) in [5.41, 5.74) is 2.13. The number of carbonyl (C=O) groups excluding carboxylic acids is 1. The van der Waals surface area contributed by atoms with Gasteiger partial charge in [0.15, 0.2) is 0 Å². The molecular weight excluding hydrogens is 378 g/mol. The van der Waals surface area contributed by atoms with Crippen molar-refractivity contribution in [2.24, 2.45) is 5.92 Å². The van der Waals surface area contributed by atoms with Crippen LogP contribution in [0.2, 0.25) is 0 Å². The summed E-state index contributed by atoms with van der Waals surface area (Å²) >= 11 is 0. The summed E-state index contributed by atoms with van der Waals surface area (Å²) in [5.74, 6) is 1.87. The van der Waals surface area contributed by atoms with Crippen LogP contribution in [0.5, 0.6) is 5.75 Å². The summed E-state index contributed by atoms with van der Waals surface area (Å²) in [7, 11) is 1.65. The third kappa shape index (κ3) is 5.01. The zero-order valence-corrected chi connectivity index (χ0v) is 17.7. The lowest BCUT2D eigenvalue weighted by Gasteiger charge is -2.33. The first-order chi connectivity index (χ1) is 14.7. The molecule has 0 spiro atoms. The Morgan fingerprint density at radius 1 is 1.00 bits per heavy atom. The predicted octanol–water partition coefficient (Wildman–Crippen LogP) is 3.01. The van der Waals surface area contributed by atoms with E-state index in [2.05, 4.69) is 25.1 Å². The highest BCUT2D eigenvalue weighted by Crippen LogP contribution is 2.24. The van der Waals surface area contributed by atoms with Gasteiger partial charge in [-0.15, -0.1) is 0 Å². The molecule has 1 aromatic carbocycles. The lowest BCUT2D eigenvalue weighted by Crippen LogP contribution is -2.40. The molecule has 2 aromatic rings. The van der Waals surface area contributed by atoms with Gasteiger partial charge in [0.25, 0.3) is 0 Å². The molecule has 1 N–H and O–H groups in total. The number of benzene rings is 1. The zero-order chi connectivity index (χ0) is 20.8. The number of anilines is 2. The molecule has 2 aliphatic heterocycles. The highest BCUT2D eigenvalue weighted by molar-refractivity contribution is 5.79. The van der Waals surface area contributed by atoms with Crippen LogP contribution in [0, 0.1) is 5.92 Å². The molecule has 7 nitrogen and oxygen atoms in total. The van der Waals surface area contributed by atoms with Gasteiger partial charge >= 0.3 is 0 Å². The first kappa shape index (κ1) is 20.4. The molecule has 0 unspecified atom stereocenters. The standard InChI is InChI=1S/C23H31N5O2/c1-30-21-7-5-18(6-8-21)15-24-22(29)19-9-13-27(14-10-19)20-16-25-23(26-17-20)28-11-3-2-4-12-28/h5-8,16-17,19H,2-4,9-15H2,1H3,(H,24,29). The summed E-state index contributed by atoms with van der Waals surface area (Å²) in [6, 6.07) is 7.79. The number of nitrogens with zero attached hydrogens (tertiary/aromatic N) is 4. The fourth-order valence-corrected chi connectivity index (χ4v) is 4.21. The van der Waals surface area contributed by atoms with Crippen molar-refractivity contribution in [2.45, 2.75) is 38.6 Å². The van der Waals surface area contributed by atoms with E-state index < -0.39 is 0 Å². The number of hydrogen-bond acceptors (Lipinski definition) is 6. The van der Waals surface area contributed by atoms with E-state index >= 15 is 0 Å². The van der Waals surface area contributed by atoms with E-state index in [1.165, 1.54) is 19.3 Å². The molecule has 1 amide bonds. The van der Waals surface area contributed by atoms with Crippen LogP contribution in [0.3, 0.4) is 0 Å². The van der Waals surface area contributed by atoms with Crippen LogP contribution < -0.4 is 19.9 Å². The number of carbonyl (C=O) groups is 1. The Labute approximate surface area is 178 Å². The minimum absolute atomic E-state index is 0.0630. The van der Waals surface area contributed by atoms with Gasteiger partial charge in [0.05, 0.1) is 25.2 Å². The third-order valence-electron chi connectivity index (χ3n) is 6.12. The second-order valence-corrected chi connectivity index (χ2v) is 8.12. The molecular formula is C23H31N5O2. The van der Waals surface area contributed by atoms with Crippen LogP contribution in [0.15, 0.2) is 36.7 Å². The molecule has 30 heavy (non-hydrogen) atoms. The van der Waals surface area contributed by atoms with Crippen molar-refractivity contribution >= 4 is 17.5 Å². The van der Waals surface area contributed by atoms with Gasteiger partial charge in [0, 0.05) is 38.6 Å². The number of nitrogens with one attached hydrogen (secondary N) is 1. The van der Waals surface area contributed by atoms with Crippen LogP contribution in [0.4, 0.5) is 11.6 Å². The van der Waals surface area contributed by atoms with Gasteiger partial charge in [-0.05, 0) is 49.8 Å². The van der Waals surface area contributed by atoms with Crippen molar-refractivity contribution in [3.05, 3.63) is 42.2 Å². The lowest BCUT2D eigenvalue weighted by molar-refractivity contribution is -0.125. The number of rotatable bonds is 6. The summed E-state index contributed by atoms with van der Waals surface area (Å²) in [6.07, 6.45) is 9.31. The Kier molecular flexibility index (Phi) is 6.67. The highest BCUT2D eigenvalue weighted by atomic mass is 16.5. The normalized spacial score (nSPS) is 17.6. The fourth-order valence-electron chi connectivity index (χ4n) is 4.21. The summed E-state index contributed by atoms with van der Waals surface area (Å²) in [6.45, 7) is 4.36. The van der Waals surface area contributed by atoms with E-state index in [4.69, 9.17) is 4.74 Å². The number of aromatic nitrogens is 2. The Balaban J connectivity index is 1.24. The number of ether oxygens (including phenoxy) is 1. The van der Waals surface area contributed by atoms with E-state index in [1.807, 2.05) is 36.7 Å². The molecule has 1 aromatic heterocycles. The Bertz CT molecular complexity index is 810. The number of piperidine rings is 2. The Morgan fingerprint density at radius 2 is 1.67 bits per heavy atom. The van der Waals surface area contributed by atoms with E-state index in [0.29, 0.717) is 6.54 Å². The topological polar surface area (TPSA) is 70.6 Å². The second-order valence-electron chi connectivity index (χ2n) is 8.12. The predicted molar refractivity (Wildman–Crippen MR) is 118 cm³/mol. The molecule has 0 aliphatic carbocycles. The van der Waals surface area contributed by atoms with Crippen molar-refractivity contribution in [1.29, 1.82) is 0 Å². The molecule has 0 atom stereocenters. The van der Waals surface area contributed by atoms with E-state index in [9.17, 15) is 4.79 Å². The van der Waals surface area contributed by atoms with Gasteiger partial charge in [-0.1, -0.05) is 12.1 Å². The van der Waals surface area contributed by atoms with Gasteiger partial charge in [-0.25, -0.2) is 9.97 Å². The maximum Gasteiger partial charge on any atom is 0.225 e. The van der Waals surface area contributed by atoms with Crippen LogP contribution in [0.25, 0.3) is 0 Å². The average molecular weight is 410 g/mol. The fraction of sp³-hybridized carbons (Fsp3) is 0.522. The molecule has 0 radical (unpaired) electrons. The molecule has 2 fully saturated rings. The maximum absolute atomic E-state index is 12.6. The van der Waals surface area contributed by atoms with Crippen LogP contribution in [-0.2, 0) is 11.3 Å². The second kappa shape index (κ2) is 9.78. The van der Waals surface area contributed by atoms with Crippen molar-refractivity contribution in [3.63, 3.8) is 0 Å².